The van der Waals surface area contributed by atoms with Crippen molar-refractivity contribution >= 4 is 23.1 Å². The molecule has 14 heavy (non-hydrogen) atoms. The zero-order chi connectivity index (χ0) is 10.4. The highest BCUT2D eigenvalue weighted by molar-refractivity contribution is 7.98. The van der Waals surface area contributed by atoms with Crippen LogP contribution < -0.4 is 11.1 Å². The highest BCUT2D eigenvalue weighted by atomic mass is 32.2. The number of para-hydroxylation sites is 1. The molecule has 1 aromatic rings. The van der Waals surface area contributed by atoms with Gasteiger partial charge in [-0.05, 0) is 18.4 Å². The maximum atomic E-state index is 8.75. The third kappa shape index (κ3) is 2.57. The van der Waals surface area contributed by atoms with E-state index < -0.39 is 0 Å². The Labute approximate surface area is 88.3 Å². The van der Waals surface area contributed by atoms with Gasteiger partial charge >= 0.3 is 0 Å². The number of nitriles is 1. The van der Waals surface area contributed by atoms with Gasteiger partial charge in [0.1, 0.15) is 6.07 Å². The van der Waals surface area contributed by atoms with Crippen molar-refractivity contribution in [2.75, 3.05) is 29.6 Å². The fraction of sp³-hybridized carbons (Fsp3) is 0.300. The van der Waals surface area contributed by atoms with Crippen molar-refractivity contribution in [3.63, 3.8) is 0 Å². The van der Waals surface area contributed by atoms with Gasteiger partial charge in [-0.1, -0.05) is 6.07 Å². The molecule has 1 rings (SSSR count). The number of anilines is 2. The van der Waals surface area contributed by atoms with Gasteiger partial charge in [-0.2, -0.15) is 17.0 Å². The molecule has 0 amide bonds. The van der Waals surface area contributed by atoms with E-state index >= 15 is 0 Å². The number of hydrogen-bond donors (Lipinski definition) is 2. The third-order valence-electron chi connectivity index (χ3n) is 1.85. The minimum atomic E-state index is 0.527. The van der Waals surface area contributed by atoms with Crippen LogP contribution in [0, 0.1) is 11.3 Å². The molecule has 0 aliphatic heterocycles. The Morgan fingerprint density at radius 2 is 2.36 bits per heavy atom. The number of hydrogen-bond acceptors (Lipinski definition) is 4. The molecule has 0 spiro atoms. The maximum Gasteiger partial charge on any atom is 0.101 e. The Bertz CT molecular complexity index is 344. The third-order valence-corrected chi connectivity index (χ3v) is 2.46. The van der Waals surface area contributed by atoms with E-state index in [9.17, 15) is 0 Å². The minimum absolute atomic E-state index is 0.527. The first-order valence-corrected chi connectivity index (χ1v) is 5.70. The van der Waals surface area contributed by atoms with Gasteiger partial charge in [0.25, 0.3) is 0 Å². The minimum Gasteiger partial charge on any atom is -0.396 e. The molecule has 74 valence electrons. The lowest BCUT2D eigenvalue weighted by molar-refractivity contribution is 1.23. The topological polar surface area (TPSA) is 61.8 Å². The average molecular weight is 207 g/mol. The smallest absolute Gasteiger partial charge is 0.101 e. The largest absolute Gasteiger partial charge is 0.396 e. The summed E-state index contributed by atoms with van der Waals surface area (Å²) < 4.78 is 0. The number of nitrogens with one attached hydrogen (secondary N) is 1. The molecule has 0 atom stereocenters. The summed E-state index contributed by atoms with van der Waals surface area (Å²) in [7, 11) is 0. The second-order valence-electron chi connectivity index (χ2n) is 2.80. The lowest BCUT2D eigenvalue weighted by atomic mass is 10.1. The molecule has 0 bridgehead atoms. The van der Waals surface area contributed by atoms with Crippen molar-refractivity contribution in [3.8, 4) is 6.07 Å². The highest BCUT2D eigenvalue weighted by Crippen LogP contribution is 2.21. The second kappa shape index (κ2) is 5.40. The van der Waals surface area contributed by atoms with E-state index in [-0.39, 0.29) is 0 Å². The van der Waals surface area contributed by atoms with Crippen LogP contribution in [0.3, 0.4) is 0 Å². The summed E-state index contributed by atoms with van der Waals surface area (Å²) >= 11 is 1.77. The van der Waals surface area contributed by atoms with Gasteiger partial charge in [-0.3, -0.25) is 0 Å². The van der Waals surface area contributed by atoms with Crippen molar-refractivity contribution < 1.29 is 0 Å². The molecule has 0 aliphatic rings. The van der Waals surface area contributed by atoms with E-state index in [4.69, 9.17) is 11.0 Å². The van der Waals surface area contributed by atoms with Crippen LogP contribution in [0.2, 0.25) is 0 Å². The molecule has 3 nitrogen and oxygen atoms in total. The predicted molar refractivity (Wildman–Crippen MR) is 62.4 cm³/mol. The number of rotatable bonds is 4. The second-order valence-corrected chi connectivity index (χ2v) is 3.78. The van der Waals surface area contributed by atoms with Crippen molar-refractivity contribution in [2.45, 2.75) is 0 Å². The monoisotopic (exact) mass is 207 g/mol. The molecular weight excluding hydrogens is 194 g/mol. The van der Waals surface area contributed by atoms with Crippen LogP contribution in [0.25, 0.3) is 0 Å². The van der Waals surface area contributed by atoms with Crippen molar-refractivity contribution in [2.24, 2.45) is 0 Å². The van der Waals surface area contributed by atoms with Crippen LogP contribution >= 0.6 is 11.8 Å². The molecule has 0 radical (unpaired) electrons. The van der Waals surface area contributed by atoms with Gasteiger partial charge in [-0.25, -0.2) is 0 Å². The summed E-state index contributed by atoms with van der Waals surface area (Å²) in [5, 5.41) is 11.9. The Hall–Kier alpha value is -1.34. The van der Waals surface area contributed by atoms with Gasteiger partial charge in [-0.15, -0.1) is 0 Å². The molecule has 4 heteroatoms. The summed E-state index contributed by atoms with van der Waals surface area (Å²) in [5.74, 6) is 1.02. The molecule has 3 N–H and O–H groups in total. The zero-order valence-corrected chi connectivity index (χ0v) is 8.90. The first-order chi connectivity index (χ1) is 6.79. The molecule has 0 heterocycles. The van der Waals surface area contributed by atoms with Crippen molar-refractivity contribution in [1.29, 1.82) is 5.26 Å². The van der Waals surface area contributed by atoms with Crippen LogP contribution in [-0.2, 0) is 0 Å². The number of nitrogens with zero attached hydrogens (tertiary/aromatic N) is 1. The molecule has 0 unspecified atom stereocenters. The van der Waals surface area contributed by atoms with Crippen LogP contribution in [-0.4, -0.2) is 18.6 Å². The Morgan fingerprint density at radius 3 is 3.00 bits per heavy atom. The number of nitrogen functional groups attached to an aromatic ring is 1. The van der Waals surface area contributed by atoms with Crippen molar-refractivity contribution in [1.82, 2.24) is 0 Å². The highest BCUT2D eigenvalue weighted by Gasteiger charge is 2.02. The van der Waals surface area contributed by atoms with Gasteiger partial charge < -0.3 is 11.1 Å². The standard InChI is InChI=1S/C10H13N3S/c1-14-6-5-13-9-4-2-3-8(7-11)10(9)12/h2-4,13H,5-6,12H2,1H3. The summed E-state index contributed by atoms with van der Waals surface area (Å²) in [5.41, 5.74) is 7.69. The zero-order valence-electron chi connectivity index (χ0n) is 8.08. The van der Waals surface area contributed by atoms with E-state index in [0.29, 0.717) is 11.3 Å². The molecule has 0 aliphatic carbocycles. The first kappa shape index (κ1) is 10.7. The number of nitrogens with two attached hydrogens (primary N) is 1. The summed E-state index contributed by atoms with van der Waals surface area (Å²) in [6, 6.07) is 7.49. The molecular formula is C10H13N3S. The van der Waals surface area contributed by atoms with Crippen LogP contribution in [0.1, 0.15) is 5.56 Å². The van der Waals surface area contributed by atoms with E-state index in [2.05, 4.69) is 17.6 Å². The summed E-state index contributed by atoms with van der Waals surface area (Å²) in [6.07, 6.45) is 2.05. The Kier molecular flexibility index (Phi) is 4.14. The van der Waals surface area contributed by atoms with E-state index in [1.807, 2.05) is 12.1 Å². The maximum absolute atomic E-state index is 8.75. The predicted octanol–water partition coefficient (Wildman–Crippen LogP) is 1.92. The lowest BCUT2D eigenvalue weighted by Crippen LogP contribution is -2.06. The van der Waals surface area contributed by atoms with Crippen LogP contribution in [0.15, 0.2) is 18.2 Å². The van der Waals surface area contributed by atoms with Gasteiger partial charge in [0.15, 0.2) is 0 Å². The fourth-order valence-electron chi connectivity index (χ4n) is 1.10. The average Bonchev–Trinajstić information content (AvgIpc) is 2.21. The number of thioether (sulfide) groups is 1. The van der Waals surface area contributed by atoms with Gasteiger partial charge in [0.05, 0.1) is 16.9 Å². The normalized spacial score (nSPS) is 9.43. The summed E-state index contributed by atoms with van der Waals surface area (Å²) in [4.78, 5) is 0. The SMILES string of the molecule is CSCCNc1cccc(C#N)c1N. The Morgan fingerprint density at radius 1 is 1.57 bits per heavy atom. The number of benzene rings is 1. The first-order valence-electron chi connectivity index (χ1n) is 4.31. The van der Waals surface area contributed by atoms with E-state index in [1.165, 1.54) is 0 Å². The van der Waals surface area contributed by atoms with E-state index in [0.717, 1.165) is 18.0 Å². The van der Waals surface area contributed by atoms with E-state index in [1.54, 1.807) is 17.8 Å². The van der Waals surface area contributed by atoms with Gasteiger partial charge in [0, 0.05) is 12.3 Å². The quantitative estimate of drug-likeness (QED) is 0.585. The molecule has 1 aromatic carbocycles. The van der Waals surface area contributed by atoms with Crippen LogP contribution in [0.5, 0.6) is 0 Å². The van der Waals surface area contributed by atoms with Crippen molar-refractivity contribution in [3.05, 3.63) is 23.8 Å². The fourth-order valence-corrected chi connectivity index (χ4v) is 1.41. The van der Waals surface area contributed by atoms with Crippen LogP contribution in [0.4, 0.5) is 11.4 Å². The molecule has 0 aromatic heterocycles. The molecule has 0 fully saturated rings. The molecule has 0 saturated heterocycles. The lowest BCUT2D eigenvalue weighted by Gasteiger charge is -2.08. The van der Waals surface area contributed by atoms with Gasteiger partial charge in [0.2, 0.25) is 0 Å². The summed E-state index contributed by atoms with van der Waals surface area (Å²) in [6.45, 7) is 0.861. The molecule has 0 saturated carbocycles. The Balaban J connectivity index is 2.73.